The van der Waals surface area contributed by atoms with Crippen LogP contribution >= 0.6 is 12.2 Å². The predicted octanol–water partition coefficient (Wildman–Crippen LogP) is 0.330. The highest BCUT2D eigenvalue weighted by Gasteiger charge is 2.18. The number of carbonyl (C=O) groups excluding carboxylic acids is 2. The summed E-state index contributed by atoms with van der Waals surface area (Å²) in [6, 6.07) is 0.109. The molecule has 0 aromatic rings. The van der Waals surface area contributed by atoms with Crippen LogP contribution in [0.2, 0.25) is 0 Å². The van der Waals surface area contributed by atoms with E-state index in [-0.39, 0.29) is 29.3 Å². The largest absolute Gasteiger partial charge is 0.393 e. The molecule has 0 saturated carbocycles. The van der Waals surface area contributed by atoms with Gasteiger partial charge in [0.05, 0.1) is 10.9 Å². The molecule has 0 spiro atoms. The molecule has 98 valence electrons. The maximum atomic E-state index is 11.6. The zero-order chi connectivity index (χ0) is 13.4. The second-order valence-electron chi connectivity index (χ2n) is 4.13. The molecule has 6 heteroatoms. The third-order valence-corrected chi connectivity index (χ3v) is 2.45. The second kappa shape index (κ2) is 8.00. The Labute approximate surface area is 108 Å². The normalized spacial score (nSPS) is 12.0. The zero-order valence-corrected chi connectivity index (χ0v) is 11.4. The lowest BCUT2D eigenvalue weighted by Crippen LogP contribution is -2.39. The van der Waals surface area contributed by atoms with Crippen molar-refractivity contribution >= 4 is 29.0 Å². The van der Waals surface area contributed by atoms with Crippen LogP contribution in [0.4, 0.5) is 0 Å². The standard InChI is InChI=1S/C11H21N3O2S/c1-4-8(10(12)17)11(16)13-6-5-9(15)14-7(2)3/h7-8H,4-6H2,1-3H3,(H2,12,17)(H,13,16)(H,14,15). The summed E-state index contributed by atoms with van der Waals surface area (Å²) < 4.78 is 0. The summed E-state index contributed by atoms with van der Waals surface area (Å²) >= 11 is 4.79. The SMILES string of the molecule is CCC(C(=O)NCCC(=O)NC(C)C)C(N)=S. The van der Waals surface area contributed by atoms with Gasteiger partial charge in [-0.15, -0.1) is 0 Å². The molecule has 0 saturated heterocycles. The highest BCUT2D eigenvalue weighted by Crippen LogP contribution is 2.02. The summed E-state index contributed by atoms with van der Waals surface area (Å²) in [7, 11) is 0. The third-order valence-electron chi connectivity index (χ3n) is 2.17. The smallest absolute Gasteiger partial charge is 0.229 e. The van der Waals surface area contributed by atoms with Gasteiger partial charge in [0.15, 0.2) is 0 Å². The van der Waals surface area contributed by atoms with Gasteiger partial charge in [-0.1, -0.05) is 19.1 Å². The van der Waals surface area contributed by atoms with E-state index >= 15 is 0 Å². The maximum Gasteiger partial charge on any atom is 0.229 e. The maximum absolute atomic E-state index is 11.6. The fourth-order valence-electron chi connectivity index (χ4n) is 1.33. The average Bonchev–Trinajstić information content (AvgIpc) is 2.16. The van der Waals surface area contributed by atoms with Gasteiger partial charge in [0.2, 0.25) is 11.8 Å². The molecule has 0 fully saturated rings. The summed E-state index contributed by atoms with van der Waals surface area (Å²) in [5.74, 6) is -0.737. The Morgan fingerprint density at radius 2 is 1.94 bits per heavy atom. The summed E-state index contributed by atoms with van der Waals surface area (Å²) in [6.45, 7) is 5.91. The minimum atomic E-state index is -0.446. The van der Waals surface area contributed by atoms with Crippen molar-refractivity contribution in [3.63, 3.8) is 0 Å². The molecule has 1 unspecified atom stereocenters. The first-order chi connectivity index (χ1) is 7.88. The van der Waals surface area contributed by atoms with Gasteiger partial charge in [0.1, 0.15) is 0 Å². The molecule has 0 aromatic heterocycles. The molecule has 17 heavy (non-hydrogen) atoms. The van der Waals surface area contributed by atoms with E-state index in [4.69, 9.17) is 18.0 Å². The zero-order valence-electron chi connectivity index (χ0n) is 10.6. The van der Waals surface area contributed by atoms with E-state index < -0.39 is 5.92 Å². The molecule has 4 N–H and O–H groups in total. The summed E-state index contributed by atoms with van der Waals surface area (Å²) in [5, 5.41) is 5.39. The van der Waals surface area contributed by atoms with E-state index in [0.29, 0.717) is 13.0 Å². The predicted molar refractivity (Wildman–Crippen MR) is 71.5 cm³/mol. The number of amides is 2. The molecule has 0 aromatic carbocycles. The van der Waals surface area contributed by atoms with Gasteiger partial charge in [-0.25, -0.2) is 0 Å². The molecule has 0 bridgehead atoms. The van der Waals surface area contributed by atoms with Crippen LogP contribution < -0.4 is 16.4 Å². The van der Waals surface area contributed by atoms with Crippen LogP contribution in [0.15, 0.2) is 0 Å². The number of rotatable bonds is 7. The number of nitrogens with two attached hydrogens (primary N) is 1. The van der Waals surface area contributed by atoms with Crippen molar-refractivity contribution < 1.29 is 9.59 Å². The van der Waals surface area contributed by atoms with Gasteiger partial charge in [0, 0.05) is 19.0 Å². The van der Waals surface area contributed by atoms with Crippen LogP contribution in [0.5, 0.6) is 0 Å². The second-order valence-corrected chi connectivity index (χ2v) is 4.60. The van der Waals surface area contributed by atoms with Crippen molar-refractivity contribution in [3.8, 4) is 0 Å². The highest BCUT2D eigenvalue weighted by atomic mass is 32.1. The van der Waals surface area contributed by atoms with Crippen LogP contribution in [0.25, 0.3) is 0 Å². The molecule has 2 amide bonds. The van der Waals surface area contributed by atoms with Gasteiger partial charge < -0.3 is 16.4 Å². The minimum Gasteiger partial charge on any atom is -0.393 e. The van der Waals surface area contributed by atoms with Crippen molar-refractivity contribution in [2.24, 2.45) is 11.7 Å². The summed E-state index contributed by atoms with van der Waals surface area (Å²) in [5.41, 5.74) is 5.44. The van der Waals surface area contributed by atoms with Gasteiger partial charge in [-0.3, -0.25) is 9.59 Å². The topological polar surface area (TPSA) is 84.2 Å². The Balaban J connectivity index is 3.92. The van der Waals surface area contributed by atoms with E-state index in [1.165, 1.54) is 0 Å². The van der Waals surface area contributed by atoms with E-state index in [1.807, 2.05) is 20.8 Å². The van der Waals surface area contributed by atoms with Crippen molar-refractivity contribution in [1.29, 1.82) is 0 Å². The number of carbonyl (C=O) groups is 2. The molecule has 0 aliphatic rings. The molecule has 0 heterocycles. The number of hydrogen-bond acceptors (Lipinski definition) is 3. The minimum absolute atomic E-state index is 0.0799. The van der Waals surface area contributed by atoms with Crippen molar-refractivity contribution in [3.05, 3.63) is 0 Å². The first-order valence-electron chi connectivity index (χ1n) is 5.74. The van der Waals surface area contributed by atoms with Crippen LogP contribution in [0, 0.1) is 5.92 Å². The van der Waals surface area contributed by atoms with Gasteiger partial charge >= 0.3 is 0 Å². The number of nitrogens with one attached hydrogen (secondary N) is 2. The van der Waals surface area contributed by atoms with E-state index in [1.54, 1.807) is 0 Å². The van der Waals surface area contributed by atoms with Crippen molar-refractivity contribution in [1.82, 2.24) is 10.6 Å². The van der Waals surface area contributed by atoms with Crippen molar-refractivity contribution in [2.75, 3.05) is 6.54 Å². The Morgan fingerprint density at radius 3 is 2.35 bits per heavy atom. The van der Waals surface area contributed by atoms with E-state index in [2.05, 4.69) is 10.6 Å². The van der Waals surface area contributed by atoms with Crippen molar-refractivity contribution in [2.45, 2.75) is 39.7 Å². The number of hydrogen-bond donors (Lipinski definition) is 3. The lowest BCUT2D eigenvalue weighted by molar-refractivity contribution is -0.123. The monoisotopic (exact) mass is 259 g/mol. The molecule has 5 nitrogen and oxygen atoms in total. The van der Waals surface area contributed by atoms with Crippen LogP contribution in [-0.4, -0.2) is 29.4 Å². The van der Waals surface area contributed by atoms with Gasteiger partial charge in [-0.2, -0.15) is 0 Å². The van der Waals surface area contributed by atoms with Gasteiger partial charge in [0.25, 0.3) is 0 Å². The lowest BCUT2D eigenvalue weighted by atomic mass is 10.1. The first-order valence-corrected chi connectivity index (χ1v) is 6.15. The molecule has 1 atom stereocenters. The summed E-state index contributed by atoms with van der Waals surface area (Å²) in [6.07, 6.45) is 0.830. The molecule has 0 aliphatic carbocycles. The fourth-order valence-corrected chi connectivity index (χ4v) is 1.61. The Hall–Kier alpha value is -1.17. The first kappa shape index (κ1) is 15.8. The lowest BCUT2D eigenvalue weighted by Gasteiger charge is -2.13. The molecule has 0 radical (unpaired) electrons. The van der Waals surface area contributed by atoms with Crippen LogP contribution in [-0.2, 0) is 9.59 Å². The van der Waals surface area contributed by atoms with Gasteiger partial charge in [-0.05, 0) is 20.3 Å². The Morgan fingerprint density at radius 1 is 1.35 bits per heavy atom. The Kier molecular flexibility index (Phi) is 7.45. The van der Waals surface area contributed by atoms with E-state index in [9.17, 15) is 9.59 Å². The van der Waals surface area contributed by atoms with E-state index in [0.717, 1.165) is 0 Å². The molecular weight excluding hydrogens is 238 g/mol. The molecule has 0 rings (SSSR count). The fraction of sp³-hybridized carbons (Fsp3) is 0.727. The molecule has 0 aliphatic heterocycles. The highest BCUT2D eigenvalue weighted by molar-refractivity contribution is 7.80. The average molecular weight is 259 g/mol. The number of thiocarbonyl (C=S) groups is 1. The Bertz CT molecular complexity index is 292. The summed E-state index contributed by atoms with van der Waals surface area (Å²) in [4.78, 5) is 23.1. The molecular formula is C11H21N3O2S. The van der Waals surface area contributed by atoms with Crippen LogP contribution in [0.3, 0.4) is 0 Å². The third kappa shape index (κ3) is 6.88. The quantitative estimate of drug-likeness (QED) is 0.575. The van der Waals surface area contributed by atoms with Crippen LogP contribution in [0.1, 0.15) is 33.6 Å².